The van der Waals surface area contributed by atoms with Crippen molar-refractivity contribution in [3.63, 3.8) is 0 Å². The maximum Gasteiger partial charge on any atom is 0.191 e. The quantitative estimate of drug-likeness (QED) is 0.488. The summed E-state index contributed by atoms with van der Waals surface area (Å²) < 4.78 is 10.3. The average molecular weight is 166 g/mol. The second-order valence-corrected chi connectivity index (χ2v) is 3.69. The van der Waals surface area contributed by atoms with E-state index in [1.54, 1.807) is 0 Å². The van der Waals surface area contributed by atoms with Gasteiger partial charge in [0.2, 0.25) is 0 Å². The molecule has 0 aliphatic heterocycles. The van der Waals surface area contributed by atoms with Gasteiger partial charge in [0.05, 0.1) is 0 Å². The van der Waals surface area contributed by atoms with Gasteiger partial charge in [-0.25, -0.2) is 0 Å². The molecule has 0 aliphatic carbocycles. The first-order chi connectivity index (χ1) is 3.68. The lowest BCUT2D eigenvalue weighted by atomic mass is 10.3. The molecule has 0 radical (unpaired) electrons. The first-order valence-corrected chi connectivity index (χ1v) is 4.34. The number of hydrogen-bond donors (Lipinski definition) is 1. The van der Waals surface area contributed by atoms with Crippen molar-refractivity contribution >= 4 is 25.4 Å². The second kappa shape index (κ2) is 6.84. The maximum atomic E-state index is 10.3. The Morgan fingerprint density at radius 3 is 2.22 bits per heavy atom. The highest BCUT2D eigenvalue weighted by Crippen LogP contribution is 2.24. The highest BCUT2D eigenvalue weighted by atomic mass is 31.1. The smallest absolute Gasteiger partial charge is 0.191 e. The SMILES string of the molecule is CCCC(C)[PH](=O)O.[AlH3]. The molecule has 0 rings (SSSR count). The van der Waals surface area contributed by atoms with E-state index in [1.165, 1.54) is 0 Å². The van der Waals surface area contributed by atoms with E-state index in [0.717, 1.165) is 12.8 Å². The lowest BCUT2D eigenvalue weighted by Gasteiger charge is -2.02. The highest BCUT2D eigenvalue weighted by Gasteiger charge is 2.03. The van der Waals surface area contributed by atoms with Gasteiger partial charge in [-0.3, -0.25) is 4.57 Å². The molecule has 2 nitrogen and oxygen atoms in total. The molecule has 1 N–H and O–H groups in total. The zero-order chi connectivity index (χ0) is 6.57. The van der Waals surface area contributed by atoms with Gasteiger partial charge in [-0.15, -0.1) is 0 Å². The molecule has 56 valence electrons. The van der Waals surface area contributed by atoms with Crippen molar-refractivity contribution in [3.05, 3.63) is 0 Å². The van der Waals surface area contributed by atoms with Crippen LogP contribution in [-0.2, 0) is 4.57 Å². The van der Waals surface area contributed by atoms with Crippen LogP contribution in [0.3, 0.4) is 0 Å². The van der Waals surface area contributed by atoms with Gasteiger partial charge < -0.3 is 4.89 Å². The second-order valence-electron chi connectivity index (χ2n) is 2.03. The van der Waals surface area contributed by atoms with Crippen molar-refractivity contribution in [1.29, 1.82) is 0 Å². The van der Waals surface area contributed by atoms with Gasteiger partial charge >= 0.3 is 0 Å². The highest BCUT2D eigenvalue weighted by molar-refractivity contribution is 7.38. The summed E-state index contributed by atoms with van der Waals surface area (Å²) in [5, 5.41) is 0. The van der Waals surface area contributed by atoms with Crippen molar-refractivity contribution in [2.45, 2.75) is 32.3 Å². The summed E-state index contributed by atoms with van der Waals surface area (Å²) in [5.41, 5.74) is 0.0185. The molecule has 9 heavy (non-hydrogen) atoms. The van der Waals surface area contributed by atoms with E-state index in [-0.39, 0.29) is 23.0 Å². The fourth-order valence-electron chi connectivity index (χ4n) is 0.556. The zero-order valence-corrected chi connectivity index (χ0v) is 6.35. The summed E-state index contributed by atoms with van der Waals surface area (Å²) in [7, 11) is -2.22. The van der Waals surface area contributed by atoms with Crippen LogP contribution in [0.2, 0.25) is 0 Å². The van der Waals surface area contributed by atoms with Gasteiger partial charge in [0.15, 0.2) is 25.4 Å². The van der Waals surface area contributed by atoms with Crippen molar-refractivity contribution < 1.29 is 9.46 Å². The minimum Gasteiger partial charge on any atom is -0.346 e. The summed E-state index contributed by atoms with van der Waals surface area (Å²) >= 11 is 0. The van der Waals surface area contributed by atoms with Crippen LogP contribution in [0, 0.1) is 0 Å². The molecule has 0 saturated heterocycles. The molecule has 0 saturated carbocycles. The summed E-state index contributed by atoms with van der Waals surface area (Å²) in [4.78, 5) is 8.50. The average Bonchev–Trinajstić information content (AvgIpc) is 1.67. The molecule has 0 spiro atoms. The van der Waals surface area contributed by atoms with E-state index in [1.807, 2.05) is 13.8 Å². The summed E-state index contributed by atoms with van der Waals surface area (Å²) in [6, 6.07) is 0. The third kappa shape index (κ3) is 6.61. The molecule has 0 amide bonds. The predicted octanol–water partition coefficient (Wildman–Crippen LogP) is 0.458. The van der Waals surface area contributed by atoms with Crippen LogP contribution in [0.5, 0.6) is 0 Å². The monoisotopic (exact) mass is 166 g/mol. The van der Waals surface area contributed by atoms with Gasteiger partial charge in [0, 0.05) is 5.66 Å². The van der Waals surface area contributed by atoms with Crippen molar-refractivity contribution in [2.24, 2.45) is 0 Å². The Labute approximate surface area is 67.7 Å². The molecule has 2 unspecified atom stereocenters. The Hall–Kier alpha value is 0.722. The van der Waals surface area contributed by atoms with Crippen LogP contribution in [0.15, 0.2) is 0 Å². The van der Waals surface area contributed by atoms with E-state index in [0.29, 0.717) is 0 Å². The van der Waals surface area contributed by atoms with Crippen LogP contribution in [0.25, 0.3) is 0 Å². The fraction of sp³-hybridized carbons (Fsp3) is 1.00. The van der Waals surface area contributed by atoms with E-state index in [4.69, 9.17) is 4.89 Å². The van der Waals surface area contributed by atoms with Gasteiger partial charge in [0.1, 0.15) is 0 Å². The van der Waals surface area contributed by atoms with Crippen LogP contribution in [0.1, 0.15) is 26.7 Å². The Bertz CT molecular complexity index is 87.0. The van der Waals surface area contributed by atoms with Crippen LogP contribution >= 0.6 is 8.03 Å². The standard InChI is InChI=1S/C5H13O2P.Al.3H/c1-3-4-5(2)8(6)7;;;;/h5,8H,3-4H2,1-2H3,(H,6,7);;;;. The Morgan fingerprint density at radius 2 is 2.11 bits per heavy atom. The topological polar surface area (TPSA) is 37.3 Å². The first-order valence-electron chi connectivity index (χ1n) is 2.91. The largest absolute Gasteiger partial charge is 0.346 e. The van der Waals surface area contributed by atoms with Crippen molar-refractivity contribution in [2.75, 3.05) is 0 Å². The minimum atomic E-state index is -2.22. The fourth-order valence-corrected chi connectivity index (χ4v) is 1.09. The molecular formula is C5H16AlO2P. The summed E-state index contributed by atoms with van der Waals surface area (Å²) in [6.07, 6.45) is 1.87. The normalized spacial score (nSPS) is 15.9. The van der Waals surface area contributed by atoms with Gasteiger partial charge in [-0.1, -0.05) is 20.3 Å². The van der Waals surface area contributed by atoms with Crippen LogP contribution < -0.4 is 0 Å². The van der Waals surface area contributed by atoms with E-state index >= 15 is 0 Å². The number of rotatable bonds is 3. The van der Waals surface area contributed by atoms with E-state index < -0.39 is 8.03 Å². The number of hydrogen-bond acceptors (Lipinski definition) is 1. The molecule has 4 heteroatoms. The molecule has 0 aromatic carbocycles. The first kappa shape index (κ1) is 12.4. The van der Waals surface area contributed by atoms with Crippen molar-refractivity contribution in [1.82, 2.24) is 0 Å². The third-order valence-corrected chi connectivity index (χ3v) is 2.28. The molecule has 0 aromatic heterocycles. The van der Waals surface area contributed by atoms with Gasteiger partial charge in [-0.05, 0) is 6.42 Å². The lowest BCUT2D eigenvalue weighted by molar-refractivity contribution is 0.487. The molecule has 0 aromatic rings. The third-order valence-electron chi connectivity index (χ3n) is 1.14. The summed E-state index contributed by atoms with van der Waals surface area (Å²) in [6.45, 7) is 3.83. The molecule has 2 atom stereocenters. The molecule has 0 heterocycles. The van der Waals surface area contributed by atoms with Gasteiger partial charge in [0.25, 0.3) is 0 Å². The van der Waals surface area contributed by atoms with Crippen LogP contribution in [-0.4, -0.2) is 27.9 Å². The lowest BCUT2D eigenvalue weighted by Crippen LogP contribution is -1.92. The summed E-state index contributed by atoms with van der Waals surface area (Å²) in [5.74, 6) is 0. The molecule has 0 fully saturated rings. The van der Waals surface area contributed by atoms with Gasteiger partial charge in [-0.2, -0.15) is 0 Å². The molecular weight excluding hydrogens is 150 g/mol. The predicted molar refractivity (Wildman–Crippen MR) is 45.5 cm³/mol. The van der Waals surface area contributed by atoms with Crippen LogP contribution in [0.4, 0.5) is 0 Å². The molecule has 0 bridgehead atoms. The van der Waals surface area contributed by atoms with E-state index in [9.17, 15) is 4.57 Å². The maximum absolute atomic E-state index is 10.3. The zero-order valence-electron chi connectivity index (χ0n) is 5.35. The Balaban J connectivity index is 0. The Kier molecular flexibility index (Phi) is 9.42. The van der Waals surface area contributed by atoms with E-state index in [2.05, 4.69) is 0 Å². The molecule has 0 aliphatic rings. The Morgan fingerprint density at radius 1 is 1.67 bits per heavy atom. The van der Waals surface area contributed by atoms with Crippen molar-refractivity contribution in [3.8, 4) is 0 Å². The minimum absolute atomic E-state index is 0.